The molecule has 0 aromatic heterocycles. The van der Waals surface area contributed by atoms with Crippen LogP contribution in [0.25, 0.3) is 0 Å². The number of rotatable bonds is 5. The number of para-hydroxylation sites is 1. The van der Waals surface area contributed by atoms with Gasteiger partial charge in [0.25, 0.3) is 5.91 Å². The Bertz CT molecular complexity index is 941. The number of hydrogen-bond donors (Lipinski definition) is 3. The van der Waals surface area contributed by atoms with Crippen LogP contribution in [0.15, 0.2) is 53.7 Å². The Labute approximate surface area is 167 Å². The van der Waals surface area contributed by atoms with Crippen molar-refractivity contribution in [1.82, 2.24) is 10.6 Å². The third kappa shape index (κ3) is 3.89. The smallest absolute Gasteiger partial charge is 0.319 e. The summed E-state index contributed by atoms with van der Waals surface area (Å²) in [5, 5.41) is 8.84. The first kappa shape index (κ1) is 19.6. The van der Waals surface area contributed by atoms with Crippen LogP contribution in [0.1, 0.15) is 18.5 Å². The molecule has 3 rings (SSSR count). The summed E-state index contributed by atoms with van der Waals surface area (Å²) < 4.78 is 10.8. The summed E-state index contributed by atoms with van der Waals surface area (Å²) in [6.07, 6.45) is 0. The van der Waals surface area contributed by atoms with E-state index in [1.165, 1.54) is 14.2 Å². The molecule has 0 saturated carbocycles. The van der Waals surface area contributed by atoms with Crippen LogP contribution in [0.4, 0.5) is 10.5 Å². The van der Waals surface area contributed by atoms with Crippen molar-refractivity contribution in [2.24, 2.45) is 0 Å². The molecule has 28 heavy (non-hydrogen) atoms. The molecule has 0 spiro atoms. The minimum atomic E-state index is -0.717. The van der Waals surface area contributed by atoms with Crippen LogP contribution in [0.2, 0.25) is 5.02 Å². The Morgan fingerprint density at radius 3 is 2.46 bits per heavy atom. The SMILES string of the molecule is COc1cccc([C@@H]2NC(=O)NC(C)=C2C(=O)Nc2ccc(Cl)cc2)c1OC. The van der Waals surface area contributed by atoms with Gasteiger partial charge in [-0.15, -0.1) is 0 Å². The Morgan fingerprint density at radius 1 is 1.11 bits per heavy atom. The molecular weight excluding hydrogens is 382 g/mol. The van der Waals surface area contributed by atoms with Crippen LogP contribution in [0, 0.1) is 0 Å². The van der Waals surface area contributed by atoms with E-state index in [1.807, 2.05) is 0 Å². The average Bonchev–Trinajstić information content (AvgIpc) is 2.68. The molecule has 0 fully saturated rings. The number of allylic oxidation sites excluding steroid dienone is 1. The molecule has 0 bridgehead atoms. The zero-order valence-electron chi connectivity index (χ0n) is 15.6. The van der Waals surface area contributed by atoms with Crippen LogP contribution in [-0.2, 0) is 4.79 Å². The largest absolute Gasteiger partial charge is 0.493 e. The van der Waals surface area contributed by atoms with Crippen molar-refractivity contribution in [3.63, 3.8) is 0 Å². The predicted octanol–water partition coefficient (Wildman–Crippen LogP) is 3.62. The molecule has 0 radical (unpaired) electrons. The first-order valence-corrected chi connectivity index (χ1v) is 8.88. The fourth-order valence-corrected chi connectivity index (χ4v) is 3.23. The molecule has 0 aliphatic carbocycles. The summed E-state index contributed by atoms with van der Waals surface area (Å²) in [4.78, 5) is 25.1. The number of benzene rings is 2. The minimum absolute atomic E-state index is 0.359. The van der Waals surface area contributed by atoms with Crippen molar-refractivity contribution < 1.29 is 19.1 Å². The summed E-state index contributed by atoms with van der Waals surface area (Å²) in [6.45, 7) is 1.68. The Morgan fingerprint density at radius 2 is 1.82 bits per heavy atom. The minimum Gasteiger partial charge on any atom is -0.493 e. The Balaban J connectivity index is 2.02. The van der Waals surface area contributed by atoms with E-state index in [0.29, 0.717) is 39.0 Å². The van der Waals surface area contributed by atoms with Crippen molar-refractivity contribution in [2.45, 2.75) is 13.0 Å². The number of hydrogen-bond acceptors (Lipinski definition) is 4. The number of halogens is 1. The van der Waals surface area contributed by atoms with E-state index in [1.54, 1.807) is 49.4 Å². The maximum Gasteiger partial charge on any atom is 0.319 e. The molecule has 1 aliphatic heterocycles. The lowest BCUT2D eigenvalue weighted by molar-refractivity contribution is -0.113. The normalized spacial score (nSPS) is 16.1. The highest BCUT2D eigenvalue weighted by Crippen LogP contribution is 2.39. The van der Waals surface area contributed by atoms with E-state index in [-0.39, 0.29) is 5.91 Å². The second-order valence-electron chi connectivity index (χ2n) is 6.11. The number of carbonyl (C=O) groups is 2. The summed E-state index contributed by atoms with van der Waals surface area (Å²) in [6, 6.07) is 10.9. The molecular formula is C20H20ClN3O4. The van der Waals surface area contributed by atoms with E-state index < -0.39 is 12.1 Å². The lowest BCUT2D eigenvalue weighted by Gasteiger charge is -2.30. The van der Waals surface area contributed by atoms with E-state index in [9.17, 15) is 9.59 Å². The van der Waals surface area contributed by atoms with E-state index in [0.717, 1.165) is 0 Å². The zero-order valence-corrected chi connectivity index (χ0v) is 16.4. The molecule has 1 atom stereocenters. The Kier molecular flexibility index (Phi) is 5.75. The number of methoxy groups -OCH3 is 2. The van der Waals surface area contributed by atoms with Crippen molar-refractivity contribution in [1.29, 1.82) is 0 Å². The lowest BCUT2D eigenvalue weighted by Crippen LogP contribution is -2.46. The number of urea groups is 1. The maximum atomic E-state index is 13.0. The third-order valence-corrected chi connectivity index (χ3v) is 4.61. The predicted molar refractivity (Wildman–Crippen MR) is 107 cm³/mol. The first-order valence-electron chi connectivity index (χ1n) is 8.50. The van der Waals surface area contributed by atoms with Crippen molar-refractivity contribution in [3.05, 3.63) is 64.3 Å². The molecule has 2 aromatic rings. The van der Waals surface area contributed by atoms with E-state index in [2.05, 4.69) is 16.0 Å². The van der Waals surface area contributed by atoms with Crippen molar-refractivity contribution in [2.75, 3.05) is 19.5 Å². The molecule has 2 aromatic carbocycles. The highest BCUT2D eigenvalue weighted by atomic mass is 35.5. The van der Waals surface area contributed by atoms with Gasteiger partial charge in [0, 0.05) is 22.0 Å². The second-order valence-corrected chi connectivity index (χ2v) is 6.55. The van der Waals surface area contributed by atoms with Gasteiger partial charge < -0.3 is 25.4 Å². The van der Waals surface area contributed by atoms with Gasteiger partial charge in [-0.3, -0.25) is 4.79 Å². The monoisotopic (exact) mass is 401 g/mol. The number of carbonyl (C=O) groups excluding carboxylic acids is 2. The van der Waals surface area contributed by atoms with Crippen LogP contribution >= 0.6 is 11.6 Å². The van der Waals surface area contributed by atoms with Crippen LogP contribution in [-0.4, -0.2) is 26.2 Å². The quantitative estimate of drug-likeness (QED) is 0.713. The average molecular weight is 402 g/mol. The summed E-state index contributed by atoms with van der Waals surface area (Å²) >= 11 is 5.90. The molecule has 0 saturated heterocycles. The molecule has 0 unspecified atom stereocenters. The van der Waals surface area contributed by atoms with Gasteiger partial charge in [0.2, 0.25) is 0 Å². The van der Waals surface area contributed by atoms with E-state index >= 15 is 0 Å². The first-order chi connectivity index (χ1) is 13.4. The molecule has 8 heteroatoms. The van der Waals surface area contributed by atoms with Gasteiger partial charge in [-0.25, -0.2) is 4.79 Å². The molecule has 3 N–H and O–H groups in total. The van der Waals surface area contributed by atoms with Gasteiger partial charge in [0.15, 0.2) is 11.5 Å². The lowest BCUT2D eigenvalue weighted by atomic mass is 9.93. The van der Waals surface area contributed by atoms with E-state index in [4.69, 9.17) is 21.1 Å². The van der Waals surface area contributed by atoms with Crippen LogP contribution in [0.5, 0.6) is 11.5 Å². The molecule has 3 amide bonds. The van der Waals surface area contributed by atoms with Gasteiger partial charge in [0.05, 0.1) is 25.8 Å². The fraction of sp³-hybridized carbons (Fsp3) is 0.200. The summed E-state index contributed by atoms with van der Waals surface area (Å²) in [7, 11) is 3.03. The summed E-state index contributed by atoms with van der Waals surface area (Å²) in [5.41, 5.74) is 2.01. The Hall–Kier alpha value is -3.19. The maximum absolute atomic E-state index is 13.0. The van der Waals surface area contributed by atoms with Crippen molar-refractivity contribution in [3.8, 4) is 11.5 Å². The molecule has 146 valence electrons. The molecule has 7 nitrogen and oxygen atoms in total. The number of ether oxygens (including phenoxy) is 2. The standard InChI is InChI=1S/C20H20ClN3O4/c1-11-16(19(25)23-13-9-7-12(21)8-10-13)17(24-20(26)22-11)14-5-4-6-15(27-2)18(14)28-3/h4-10,17H,1-3H3,(H,23,25)(H2,22,24,26)/t17-/m0/s1. The van der Waals surface area contributed by atoms with Gasteiger partial charge in [-0.05, 0) is 37.3 Å². The van der Waals surface area contributed by atoms with Gasteiger partial charge >= 0.3 is 6.03 Å². The fourth-order valence-electron chi connectivity index (χ4n) is 3.10. The topological polar surface area (TPSA) is 88.7 Å². The number of anilines is 1. The summed E-state index contributed by atoms with van der Waals surface area (Å²) in [5.74, 6) is 0.590. The number of nitrogens with one attached hydrogen (secondary N) is 3. The zero-order chi connectivity index (χ0) is 20.3. The van der Waals surface area contributed by atoms with Crippen LogP contribution < -0.4 is 25.4 Å². The van der Waals surface area contributed by atoms with Crippen molar-refractivity contribution >= 4 is 29.2 Å². The van der Waals surface area contributed by atoms with Gasteiger partial charge in [0.1, 0.15) is 0 Å². The van der Waals surface area contributed by atoms with Gasteiger partial charge in [-0.1, -0.05) is 23.7 Å². The van der Waals surface area contributed by atoms with Crippen LogP contribution in [0.3, 0.4) is 0 Å². The van der Waals surface area contributed by atoms with Gasteiger partial charge in [-0.2, -0.15) is 0 Å². The highest BCUT2D eigenvalue weighted by molar-refractivity contribution is 6.30. The second kappa shape index (κ2) is 8.22. The highest BCUT2D eigenvalue weighted by Gasteiger charge is 2.33. The third-order valence-electron chi connectivity index (χ3n) is 4.36. The number of amides is 3. The molecule has 1 heterocycles. The molecule has 1 aliphatic rings.